The van der Waals surface area contributed by atoms with Crippen LogP contribution in [0.5, 0.6) is 5.88 Å². The molecule has 0 atom stereocenters. The minimum Gasteiger partial charge on any atom is -0.492 e. The van der Waals surface area contributed by atoms with E-state index in [1.165, 1.54) is 6.20 Å². The highest BCUT2D eigenvalue weighted by molar-refractivity contribution is 5.83. The fourth-order valence-electron chi connectivity index (χ4n) is 1.82. The molecule has 0 amide bonds. The Kier molecular flexibility index (Phi) is 2.04. The van der Waals surface area contributed by atoms with Crippen LogP contribution >= 0.6 is 0 Å². The van der Waals surface area contributed by atoms with Crippen molar-refractivity contribution in [3.05, 3.63) is 36.8 Å². The quantitative estimate of drug-likeness (QED) is 0.686. The summed E-state index contributed by atoms with van der Waals surface area (Å²) in [6, 6.07) is 5.89. The lowest BCUT2D eigenvalue weighted by atomic mass is 10.1. The Morgan fingerprint density at radius 3 is 2.88 bits per heavy atom. The van der Waals surface area contributed by atoms with Crippen LogP contribution in [0.15, 0.2) is 36.8 Å². The number of benzene rings is 1. The first-order chi connectivity index (χ1) is 8.24. The molecule has 0 bridgehead atoms. The fraction of sp³-hybridized carbons (Fsp3) is 0.0833. The van der Waals surface area contributed by atoms with Crippen molar-refractivity contribution in [3.63, 3.8) is 0 Å². The third kappa shape index (κ3) is 1.61. The van der Waals surface area contributed by atoms with Crippen LogP contribution in [0.3, 0.4) is 0 Å². The zero-order valence-electron chi connectivity index (χ0n) is 9.20. The van der Waals surface area contributed by atoms with E-state index in [4.69, 9.17) is 0 Å². The van der Waals surface area contributed by atoms with Crippen molar-refractivity contribution in [1.82, 2.24) is 19.7 Å². The van der Waals surface area contributed by atoms with Crippen LogP contribution in [-0.2, 0) is 7.05 Å². The van der Waals surface area contributed by atoms with Crippen molar-refractivity contribution in [2.45, 2.75) is 0 Å². The van der Waals surface area contributed by atoms with E-state index in [0.29, 0.717) is 5.69 Å². The van der Waals surface area contributed by atoms with E-state index in [-0.39, 0.29) is 5.88 Å². The van der Waals surface area contributed by atoms with Gasteiger partial charge in [-0.2, -0.15) is 5.10 Å². The summed E-state index contributed by atoms with van der Waals surface area (Å²) >= 11 is 0. The highest BCUT2D eigenvalue weighted by Gasteiger charge is 2.04. The first kappa shape index (κ1) is 9.77. The first-order valence-corrected chi connectivity index (χ1v) is 5.17. The van der Waals surface area contributed by atoms with Gasteiger partial charge in [-0.3, -0.25) is 9.67 Å². The molecular formula is C12H10N4O. The molecule has 17 heavy (non-hydrogen) atoms. The van der Waals surface area contributed by atoms with Crippen molar-refractivity contribution in [2.24, 2.45) is 7.05 Å². The SMILES string of the molecule is Cn1ncc2cc(-c3cncc(O)n3)ccc21. The van der Waals surface area contributed by atoms with E-state index < -0.39 is 0 Å². The molecule has 0 saturated heterocycles. The van der Waals surface area contributed by atoms with Gasteiger partial charge < -0.3 is 5.11 Å². The molecule has 84 valence electrons. The number of aromatic hydroxyl groups is 1. The minimum absolute atomic E-state index is 0.0752. The Morgan fingerprint density at radius 2 is 2.06 bits per heavy atom. The summed E-state index contributed by atoms with van der Waals surface area (Å²) in [5, 5.41) is 14.5. The molecule has 3 aromatic rings. The van der Waals surface area contributed by atoms with Gasteiger partial charge in [0.2, 0.25) is 5.88 Å². The number of fused-ring (bicyclic) bond motifs is 1. The van der Waals surface area contributed by atoms with E-state index >= 15 is 0 Å². The third-order valence-electron chi connectivity index (χ3n) is 2.66. The van der Waals surface area contributed by atoms with E-state index in [2.05, 4.69) is 15.1 Å². The van der Waals surface area contributed by atoms with E-state index in [0.717, 1.165) is 16.5 Å². The largest absolute Gasteiger partial charge is 0.492 e. The van der Waals surface area contributed by atoms with Gasteiger partial charge in [0.1, 0.15) is 0 Å². The average molecular weight is 226 g/mol. The van der Waals surface area contributed by atoms with Gasteiger partial charge in [-0.05, 0) is 12.1 Å². The van der Waals surface area contributed by atoms with Crippen LogP contribution in [0.2, 0.25) is 0 Å². The second-order valence-electron chi connectivity index (χ2n) is 3.80. The number of aryl methyl sites for hydroxylation is 1. The second kappa shape index (κ2) is 3.55. The van der Waals surface area contributed by atoms with Crippen molar-refractivity contribution in [1.29, 1.82) is 0 Å². The Hall–Kier alpha value is -2.43. The van der Waals surface area contributed by atoms with Crippen molar-refractivity contribution in [3.8, 4) is 17.1 Å². The molecule has 0 aliphatic heterocycles. The van der Waals surface area contributed by atoms with Crippen LogP contribution in [-0.4, -0.2) is 24.9 Å². The minimum atomic E-state index is -0.0752. The zero-order valence-corrected chi connectivity index (χ0v) is 9.20. The first-order valence-electron chi connectivity index (χ1n) is 5.17. The molecule has 2 aromatic heterocycles. The molecule has 3 rings (SSSR count). The summed E-state index contributed by atoms with van der Waals surface area (Å²) in [6.07, 6.45) is 4.73. The maximum Gasteiger partial charge on any atom is 0.230 e. The standard InChI is InChI=1S/C12H10N4O/c1-16-11-3-2-8(4-9(11)5-14-16)10-6-13-7-12(17)15-10/h2-7H,1H3,(H,15,17). The predicted octanol–water partition coefficient (Wildman–Crippen LogP) is 1.74. The summed E-state index contributed by atoms with van der Waals surface area (Å²) in [7, 11) is 1.90. The summed E-state index contributed by atoms with van der Waals surface area (Å²) in [5.74, 6) is -0.0752. The molecule has 0 aliphatic carbocycles. The summed E-state index contributed by atoms with van der Waals surface area (Å²) < 4.78 is 1.81. The number of nitrogens with zero attached hydrogens (tertiary/aromatic N) is 4. The smallest absolute Gasteiger partial charge is 0.230 e. The van der Waals surface area contributed by atoms with E-state index in [1.807, 2.05) is 29.9 Å². The van der Waals surface area contributed by atoms with Gasteiger partial charge in [0.05, 0.1) is 29.8 Å². The van der Waals surface area contributed by atoms with Crippen molar-refractivity contribution >= 4 is 10.9 Å². The lowest BCUT2D eigenvalue weighted by molar-refractivity contribution is 0.451. The highest BCUT2D eigenvalue weighted by Crippen LogP contribution is 2.23. The van der Waals surface area contributed by atoms with Gasteiger partial charge >= 0.3 is 0 Å². The number of rotatable bonds is 1. The normalized spacial score (nSPS) is 10.9. The van der Waals surface area contributed by atoms with Crippen LogP contribution in [0.4, 0.5) is 0 Å². The van der Waals surface area contributed by atoms with Crippen LogP contribution in [0, 0.1) is 0 Å². The molecule has 5 nitrogen and oxygen atoms in total. The summed E-state index contributed by atoms with van der Waals surface area (Å²) in [6.45, 7) is 0. The molecule has 0 radical (unpaired) electrons. The lowest BCUT2D eigenvalue weighted by Gasteiger charge is -2.01. The third-order valence-corrected chi connectivity index (χ3v) is 2.66. The molecule has 5 heteroatoms. The van der Waals surface area contributed by atoms with Gasteiger partial charge in [-0.15, -0.1) is 0 Å². The Morgan fingerprint density at radius 1 is 1.18 bits per heavy atom. The summed E-state index contributed by atoms with van der Waals surface area (Å²) in [5.41, 5.74) is 2.62. The second-order valence-corrected chi connectivity index (χ2v) is 3.80. The van der Waals surface area contributed by atoms with E-state index in [1.54, 1.807) is 12.4 Å². The molecule has 0 unspecified atom stereocenters. The summed E-state index contributed by atoms with van der Waals surface area (Å²) in [4.78, 5) is 7.94. The monoisotopic (exact) mass is 226 g/mol. The highest BCUT2D eigenvalue weighted by atomic mass is 16.3. The Balaban J connectivity index is 2.18. The molecule has 0 fully saturated rings. The van der Waals surface area contributed by atoms with Crippen molar-refractivity contribution < 1.29 is 5.11 Å². The fourth-order valence-corrected chi connectivity index (χ4v) is 1.82. The average Bonchev–Trinajstić information content (AvgIpc) is 2.71. The lowest BCUT2D eigenvalue weighted by Crippen LogP contribution is -1.89. The van der Waals surface area contributed by atoms with Gasteiger partial charge in [-0.1, -0.05) is 6.07 Å². The van der Waals surface area contributed by atoms with Gasteiger partial charge in [0.15, 0.2) is 0 Å². The molecular weight excluding hydrogens is 216 g/mol. The van der Waals surface area contributed by atoms with E-state index in [9.17, 15) is 5.11 Å². The van der Waals surface area contributed by atoms with Gasteiger partial charge in [-0.25, -0.2) is 4.98 Å². The molecule has 1 aromatic carbocycles. The maximum absolute atomic E-state index is 9.30. The molecule has 1 N–H and O–H groups in total. The van der Waals surface area contributed by atoms with Crippen LogP contribution in [0.1, 0.15) is 0 Å². The van der Waals surface area contributed by atoms with Gasteiger partial charge in [0.25, 0.3) is 0 Å². The van der Waals surface area contributed by atoms with Crippen LogP contribution in [0.25, 0.3) is 22.2 Å². The number of hydrogen-bond acceptors (Lipinski definition) is 4. The zero-order chi connectivity index (χ0) is 11.8. The molecule has 0 saturated carbocycles. The van der Waals surface area contributed by atoms with Crippen molar-refractivity contribution in [2.75, 3.05) is 0 Å². The molecule has 0 aliphatic rings. The van der Waals surface area contributed by atoms with Gasteiger partial charge in [0, 0.05) is 18.0 Å². The molecule has 2 heterocycles. The topological polar surface area (TPSA) is 63.8 Å². The number of hydrogen-bond donors (Lipinski definition) is 1. The Labute approximate surface area is 97.4 Å². The predicted molar refractivity (Wildman–Crippen MR) is 63.4 cm³/mol. The maximum atomic E-state index is 9.30. The van der Waals surface area contributed by atoms with Crippen LogP contribution < -0.4 is 0 Å². The molecule has 0 spiro atoms. The Bertz CT molecular complexity index is 690. The number of aromatic nitrogens is 4.